The van der Waals surface area contributed by atoms with E-state index in [2.05, 4.69) is 9.97 Å². The normalized spacial score (nSPS) is 19.5. The average molecular weight is 863 g/mol. The number of aryl methyl sites for hydroxylation is 1. The number of nitrogens with zero attached hydrogens (tertiary/aromatic N) is 6. The molecule has 0 spiro atoms. The van der Waals surface area contributed by atoms with Crippen LogP contribution in [0.1, 0.15) is 62.8 Å². The van der Waals surface area contributed by atoms with Crippen molar-refractivity contribution < 1.29 is 45.7 Å². The number of benzene rings is 3. The molecule has 17 heteroatoms. The second-order valence-electron chi connectivity index (χ2n) is 17.0. The van der Waals surface area contributed by atoms with Crippen molar-refractivity contribution >= 4 is 28.5 Å². The van der Waals surface area contributed by atoms with Crippen molar-refractivity contribution in [1.29, 1.82) is 0 Å². The van der Waals surface area contributed by atoms with Crippen molar-refractivity contribution in [3.8, 4) is 28.6 Å². The standard InChI is InChI=1S/C45H47F5N6O6/c1-23-34(45(48,49)50)30(19-32(35(23)46)54(20-25-9-14-28(59-7)15-10-25)21-26-11-16-29(60-8)17-12-26)37-36(47)39-33-40(52-42(57)53(39)6)55-22-27-13-18-31(38(55)24(2)61-41(33)51-37)56(27)43(58)62-44(3,4)5/h9-12,14-17,19,24,27,31,38H,13,18,20-22H2,1-8H3/t24-,27+,31-,38+/m0/s1. The smallest absolute Gasteiger partial charge is 0.417 e. The molecule has 3 aromatic carbocycles. The molecular weight excluding hydrogens is 816 g/mol. The number of anilines is 2. The third-order valence-electron chi connectivity index (χ3n) is 11.9. The van der Waals surface area contributed by atoms with Crippen LogP contribution < -0.4 is 29.7 Å². The Kier molecular flexibility index (Phi) is 10.7. The summed E-state index contributed by atoms with van der Waals surface area (Å²) in [6, 6.07) is 13.4. The number of amides is 1. The Morgan fingerprint density at radius 1 is 0.919 bits per heavy atom. The van der Waals surface area contributed by atoms with Crippen molar-refractivity contribution in [2.24, 2.45) is 7.05 Å². The zero-order chi connectivity index (χ0) is 44.6. The molecule has 328 valence electrons. The fraction of sp³-hybridized carbons (Fsp3) is 0.422. The molecule has 5 aromatic rings. The lowest BCUT2D eigenvalue weighted by molar-refractivity contribution is -0.137. The molecule has 2 saturated heterocycles. The van der Waals surface area contributed by atoms with E-state index in [9.17, 15) is 9.59 Å². The summed E-state index contributed by atoms with van der Waals surface area (Å²) in [5.41, 5.74) is -4.69. The minimum atomic E-state index is -5.18. The number of halogens is 5. The summed E-state index contributed by atoms with van der Waals surface area (Å²) in [7, 11) is 4.29. The highest BCUT2D eigenvalue weighted by atomic mass is 19.4. The van der Waals surface area contributed by atoms with Crippen molar-refractivity contribution in [2.75, 3.05) is 30.6 Å². The molecule has 0 aliphatic carbocycles. The van der Waals surface area contributed by atoms with Gasteiger partial charge in [-0.25, -0.2) is 23.4 Å². The summed E-state index contributed by atoms with van der Waals surface area (Å²) >= 11 is 0. The van der Waals surface area contributed by atoms with Gasteiger partial charge in [-0.05, 0) is 94.5 Å². The van der Waals surface area contributed by atoms with Crippen molar-refractivity contribution in [2.45, 2.75) is 96.6 Å². The van der Waals surface area contributed by atoms with E-state index in [1.54, 1.807) is 86.0 Å². The van der Waals surface area contributed by atoms with Gasteiger partial charge in [0.15, 0.2) is 5.82 Å². The first kappa shape index (κ1) is 42.6. The number of carbonyl (C=O) groups excluding carboxylic acids is 1. The Bertz CT molecular complexity index is 2560. The maximum absolute atomic E-state index is 17.5. The van der Waals surface area contributed by atoms with Gasteiger partial charge in [0.2, 0.25) is 5.88 Å². The van der Waals surface area contributed by atoms with Crippen LogP contribution in [0.3, 0.4) is 0 Å². The Hall–Kier alpha value is -6.13. The first-order chi connectivity index (χ1) is 29.3. The quantitative estimate of drug-likeness (QED) is 0.141. The molecule has 62 heavy (non-hydrogen) atoms. The van der Waals surface area contributed by atoms with Crippen LogP contribution in [0, 0.1) is 18.6 Å². The number of methoxy groups -OCH3 is 2. The van der Waals surface area contributed by atoms with Gasteiger partial charge in [0.1, 0.15) is 45.9 Å². The van der Waals surface area contributed by atoms with E-state index in [0.717, 1.165) is 17.6 Å². The number of hydrogen-bond donors (Lipinski definition) is 0. The highest BCUT2D eigenvalue weighted by Gasteiger charge is 2.54. The summed E-state index contributed by atoms with van der Waals surface area (Å²) in [5, 5.41) is -0.0129. The molecule has 2 aromatic heterocycles. The number of hydrogen-bond acceptors (Lipinski definition) is 10. The maximum atomic E-state index is 17.5. The number of aromatic nitrogens is 3. The number of pyridine rings is 1. The third kappa shape index (κ3) is 7.48. The molecule has 0 radical (unpaired) electrons. The Morgan fingerprint density at radius 3 is 2.06 bits per heavy atom. The topological polar surface area (TPSA) is 111 Å². The van der Waals surface area contributed by atoms with Gasteiger partial charge in [0.25, 0.3) is 0 Å². The number of fused-ring (bicyclic) bond motifs is 5. The second-order valence-corrected chi connectivity index (χ2v) is 17.0. The lowest BCUT2D eigenvalue weighted by Gasteiger charge is -2.48. The molecular formula is C45H47F5N6O6. The van der Waals surface area contributed by atoms with Crippen LogP contribution in [0.5, 0.6) is 17.4 Å². The van der Waals surface area contributed by atoms with E-state index in [4.69, 9.17) is 18.9 Å². The first-order valence-electron chi connectivity index (χ1n) is 20.3. The fourth-order valence-corrected chi connectivity index (χ4v) is 9.14. The largest absolute Gasteiger partial charge is 0.497 e. The summed E-state index contributed by atoms with van der Waals surface area (Å²) in [6.07, 6.45) is -5.31. The maximum Gasteiger partial charge on any atom is 0.417 e. The summed E-state index contributed by atoms with van der Waals surface area (Å²) < 4.78 is 104. The molecule has 0 N–H and O–H groups in total. The fourth-order valence-electron chi connectivity index (χ4n) is 9.14. The van der Waals surface area contributed by atoms with Crippen LogP contribution >= 0.6 is 0 Å². The number of carbonyl (C=O) groups is 1. The highest BCUT2D eigenvalue weighted by molar-refractivity contribution is 5.98. The summed E-state index contributed by atoms with van der Waals surface area (Å²) in [6.45, 7) is 8.28. The van der Waals surface area contributed by atoms with Gasteiger partial charge in [-0.2, -0.15) is 18.2 Å². The zero-order valence-corrected chi connectivity index (χ0v) is 35.6. The van der Waals surface area contributed by atoms with Gasteiger partial charge in [0, 0.05) is 32.2 Å². The minimum absolute atomic E-state index is 0.0129. The predicted octanol–water partition coefficient (Wildman–Crippen LogP) is 8.56. The Labute approximate surface area is 354 Å². The van der Waals surface area contributed by atoms with Crippen LogP contribution in [-0.2, 0) is 31.1 Å². The molecule has 5 heterocycles. The van der Waals surface area contributed by atoms with Crippen LogP contribution in [0.15, 0.2) is 59.4 Å². The van der Waals surface area contributed by atoms with Gasteiger partial charge in [-0.3, -0.25) is 9.47 Å². The van der Waals surface area contributed by atoms with Gasteiger partial charge in [-0.15, -0.1) is 0 Å². The number of ether oxygens (including phenoxy) is 4. The lowest BCUT2D eigenvalue weighted by atomic mass is 9.95. The van der Waals surface area contributed by atoms with E-state index >= 15 is 22.0 Å². The number of rotatable bonds is 8. The van der Waals surface area contributed by atoms with Crippen molar-refractivity contribution in [3.63, 3.8) is 0 Å². The molecule has 2 fully saturated rings. The Balaban J connectivity index is 1.31. The van der Waals surface area contributed by atoms with E-state index in [-0.39, 0.29) is 54.0 Å². The van der Waals surface area contributed by atoms with Gasteiger partial charge >= 0.3 is 18.0 Å². The molecule has 8 rings (SSSR count). The van der Waals surface area contributed by atoms with Crippen LogP contribution in [0.4, 0.5) is 38.3 Å². The Morgan fingerprint density at radius 2 is 1.52 bits per heavy atom. The minimum Gasteiger partial charge on any atom is -0.497 e. The van der Waals surface area contributed by atoms with Crippen molar-refractivity contribution in [1.82, 2.24) is 19.4 Å². The summed E-state index contributed by atoms with van der Waals surface area (Å²) in [4.78, 5) is 41.2. The molecule has 1 amide bonds. The average Bonchev–Trinajstić information content (AvgIpc) is 3.46. The number of alkyl halides is 3. The SMILES string of the molecule is COc1ccc(CN(Cc2ccc(OC)cc2)c2cc(-c3nc4c5c(nc(=O)n(C)c5c3F)N3C[C@H]5CC[C@@H]([C@H]3[C@H](C)O4)N5C(=O)OC(C)(C)C)c(C(F)(F)F)c(C)c2F)cc1. The van der Waals surface area contributed by atoms with E-state index in [1.165, 1.54) is 21.3 Å². The molecule has 3 aliphatic heterocycles. The first-order valence-corrected chi connectivity index (χ1v) is 20.3. The van der Waals surface area contributed by atoms with Gasteiger partial charge in [0.05, 0.1) is 49.1 Å². The molecule has 12 nitrogen and oxygen atoms in total. The zero-order valence-electron chi connectivity index (χ0n) is 35.6. The van der Waals surface area contributed by atoms with Crippen LogP contribution in [0.25, 0.3) is 22.2 Å². The molecule has 2 bridgehead atoms. The van der Waals surface area contributed by atoms with Crippen molar-refractivity contribution in [3.05, 3.63) is 99.0 Å². The van der Waals surface area contributed by atoms with E-state index in [1.807, 2.05) is 4.90 Å². The predicted molar refractivity (Wildman–Crippen MR) is 222 cm³/mol. The van der Waals surface area contributed by atoms with Crippen LogP contribution in [0.2, 0.25) is 0 Å². The molecule has 4 atom stereocenters. The van der Waals surface area contributed by atoms with Gasteiger partial charge < -0.3 is 28.7 Å². The van der Waals surface area contributed by atoms with E-state index < -0.39 is 75.8 Å². The second kappa shape index (κ2) is 15.6. The molecule has 0 saturated carbocycles. The molecule has 0 unspecified atom stereocenters. The molecule has 3 aliphatic rings. The lowest BCUT2D eigenvalue weighted by Crippen LogP contribution is -2.65. The third-order valence-corrected chi connectivity index (χ3v) is 11.9. The summed E-state index contributed by atoms with van der Waals surface area (Å²) in [5.74, 6) is -1.49. The monoisotopic (exact) mass is 862 g/mol. The highest BCUT2D eigenvalue weighted by Crippen LogP contribution is 2.49. The van der Waals surface area contributed by atoms with Gasteiger partial charge in [-0.1, -0.05) is 24.3 Å². The van der Waals surface area contributed by atoms with E-state index in [0.29, 0.717) is 35.5 Å². The number of piperazine rings is 1. The van der Waals surface area contributed by atoms with Crippen LogP contribution in [-0.4, -0.2) is 76.1 Å².